The fraction of sp³-hybridized carbons (Fsp3) is 0.440. The Morgan fingerprint density at radius 2 is 1.64 bits per heavy atom. The van der Waals surface area contributed by atoms with Crippen molar-refractivity contribution >= 4 is 11.8 Å². The van der Waals surface area contributed by atoms with Crippen LogP contribution in [0.15, 0.2) is 42.5 Å². The number of carbonyl (C=O) groups is 2. The Labute approximate surface area is 168 Å². The molecular formula is C25H32O3. The molecule has 1 aliphatic carbocycles. The molecule has 0 fully saturated rings. The van der Waals surface area contributed by atoms with Gasteiger partial charge in [0, 0.05) is 17.5 Å². The van der Waals surface area contributed by atoms with Gasteiger partial charge in [-0.1, -0.05) is 71.0 Å². The molecule has 0 saturated carbocycles. The number of fused-ring (bicyclic) bond motifs is 1. The van der Waals surface area contributed by atoms with Crippen molar-refractivity contribution in [3.05, 3.63) is 70.3 Å². The van der Waals surface area contributed by atoms with Gasteiger partial charge in [-0.15, -0.1) is 0 Å². The Hall–Kier alpha value is -2.42. The smallest absolute Gasteiger partial charge is 0.303 e. The van der Waals surface area contributed by atoms with Crippen molar-refractivity contribution in [1.29, 1.82) is 0 Å². The van der Waals surface area contributed by atoms with Gasteiger partial charge in [0.2, 0.25) is 0 Å². The minimum atomic E-state index is -0.809. The molecule has 0 bridgehead atoms. The van der Waals surface area contributed by atoms with E-state index >= 15 is 0 Å². The number of aliphatic carboxylic acids is 1. The summed E-state index contributed by atoms with van der Waals surface area (Å²) >= 11 is 0. The molecule has 28 heavy (non-hydrogen) atoms. The number of rotatable bonds is 5. The maximum absolute atomic E-state index is 12.9. The van der Waals surface area contributed by atoms with Crippen LogP contribution in [-0.2, 0) is 16.6 Å². The molecule has 2 aromatic carbocycles. The molecule has 3 nitrogen and oxygen atoms in total. The summed E-state index contributed by atoms with van der Waals surface area (Å²) < 4.78 is 0. The van der Waals surface area contributed by atoms with E-state index in [1.54, 1.807) is 12.1 Å². The van der Waals surface area contributed by atoms with Crippen LogP contribution in [0.1, 0.15) is 92.4 Å². The van der Waals surface area contributed by atoms with E-state index < -0.39 is 5.97 Å². The van der Waals surface area contributed by atoms with Crippen LogP contribution < -0.4 is 0 Å². The van der Waals surface area contributed by atoms with Crippen molar-refractivity contribution in [3.8, 4) is 0 Å². The Bertz CT molecular complexity index is 831. The predicted octanol–water partition coefficient (Wildman–Crippen LogP) is 6.14. The van der Waals surface area contributed by atoms with Crippen molar-refractivity contribution in [1.82, 2.24) is 0 Å². The maximum atomic E-state index is 12.9. The van der Waals surface area contributed by atoms with E-state index in [9.17, 15) is 9.59 Å². The highest BCUT2D eigenvalue weighted by Gasteiger charge is 2.31. The number of hydrogen-bond donors (Lipinski definition) is 1. The van der Waals surface area contributed by atoms with Crippen LogP contribution >= 0.6 is 0 Å². The molecule has 0 aromatic heterocycles. The van der Waals surface area contributed by atoms with E-state index in [1.807, 2.05) is 32.0 Å². The zero-order valence-corrected chi connectivity index (χ0v) is 17.7. The van der Waals surface area contributed by atoms with Gasteiger partial charge in [0.05, 0.1) is 0 Å². The molecular weight excluding hydrogens is 348 g/mol. The van der Waals surface area contributed by atoms with E-state index in [0.717, 1.165) is 17.5 Å². The third kappa shape index (κ3) is 4.89. The third-order valence-electron chi connectivity index (χ3n) is 5.62. The predicted molar refractivity (Wildman–Crippen MR) is 114 cm³/mol. The highest BCUT2D eigenvalue weighted by molar-refractivity contribution is 6.09. The van der Waals surface area contributed by atoms with Crippen molar-refractivity contribution in [3.63, 3.8) is 0 Å². The molecule has 0 heterocycles. The number of carboxylic acid groups (broad SMARTS) is 1. The monoisotopic (exact) mass is 380 g/mol. The second-order valence-electron chi connectivity index (χ2n) is 8.05. The van der Waals surface area contributed by atoms with Gasteiger partial charge in [-0.2, -0.15) is 0 Å². The first-order chi connectivity index (χ1) is 13.3. The maximum Gasteiger partial charge on any atom is 0.303 e. The average Bonchev–Trinajstić information content (AvgIpc) is 2.70. The summed E-state index contributed by atoms with van der Waals surface area (Å²) in [7, 11) is 0. The molecule has 1 N–H and O–H groups in total. The van der Waals surface area contributed by atoms with E-state index in [0.29, 0.717) is 17.9 Å². The summed E-state index contributed by atoms with van der Waals surface area (Å²) in [6.07, 6.45) is 2.91. The van der Waals surface area contributed by atoms with Crippen LogP contribution in [0.25, 0.3) is 0 Å². The second-order valence-corrected chi connectivity index (χ2v) is 8.05. The Balaban J connectivity index is 0.00000136. The van der Waals surface area contributed by atoms with Crippen molar-refractivity contribution in [2.75, 3.05) is 0 Å². The molecule has 2 aromatic rings. The normalized spacial score (nSPS) is 17.1. The lowest BCUT2D eigenvalue weighted by atomic mass is 9.68. The highest BCUT2D eigenvalue weighted by atomic mass is 16.4. The lowest BCUT2D eigenvalue weighted by molar-refractivity contribution is -0.136. The average molecular weight is 381 g/mol. The van der Waals surface area contributed by atoms with Crippen molar-refractivity contribution < 1.29 is 14.7 Å². The van der Waals surface area contributed by atoms with Crippen molar-refractivity contribution in [2.45, 2.75) is 71.6 Å². The first kappa shape index (κ1) is 21.9. The number of ketones is 1. The summed E-state index contributed by atoms with van der Waals surface area (Å²) in [5.41, 5.74) is 5.06. The first-order valence-corrected chi connectivity index (χ1v) is 10.3. The van der Waals surface area contributed by atoms with Crippen LogP contribution in [0.3, 0.4) is 0 Å². The molecule has 1 aliphatic rings. The van der Waals surface area contributed by atoms with Gasteiger partial charge < -0.3 is 5.11 Å². The Kier molecular flexibility index (Phi) is 7.17. The summed E-state index contributed by atoms with van der Waals surface area (Å²) in [6.45, 7) is 10.8. The minimum absolute atomic E-state index is 0.0200. The van der Waals surface area contributed by atoms with Gasteiger partial charge in [-0.25, -0.2) is 0 Å². The first-order valence-electron chi connectivity index (χ1n) is 10.3. The van der Waals surface area contributed by atoms with Crippen LogP contribution in [0, 0.1) is 0 Å². The summed E-state index contributed by atoms with van der Waals surface area (Å²) in [4.78, 5) is 23.6. The molecule has 3 rings (SSSR count). The fourth-order valence-corrected chi connectivity index (χ4v) is 3.82. The van der Waals surface area contributed by atoms with Gasteiger partial charge in [0.15, 0.2) is 5.78 Å². The minimum Gasteiger partial charge on any atom is -0.481 e. The summed E-state index contributed by atoms with van der Waals surface area (Å²) in [5.74, 6) is -0.252. The number of benzene rings is 2. The molecule has 0 aliphatic heterocycles. The van der Waals surface area contributed by atoms with E-state index in [1.165, 1.54) is 17.5 Å². The van der Waals surface area contributed by atoms with E-state index in [4.69, 9.17) is 5.11 Å². The molecule has 0 spiro atoms. The van der Waals surface area contributed by atoms with E-state index in [2.05, 4.69) is 32.9 Å². The zero-order valence-electron chi connectivity index (χ0n) is 17.7. The largest absolute Gasteiger partial charge is 0.481 e. The summed E-state index contributed by atoms with van der Waals surface area (Å²) in [6, 6.07) is 13.4. The highest BCUT2D eigenvalue weighted by Crippen LogP contribution is 2.42. The number of carboxylic acids is 1. The van der Waals surface area contributed by atoms with Gasteiger partial charge in [0.25, 0.3) is 0 Å². The molecule has 0 saturated heterocycles. The van der Waals surface area contributed by atoms with Gasteiger partial charge in [0.1, 0.15) is 0 Å². The molecule has 3 heteroatoms. The van der Waals surface area contributed by atoms with Crippen LogP contribution in [0.2, 0.25) is 0 Å². The zero-order chi connectivity index (χ0) is 20.9. The SMILES string of the molecule is CC.CC1CCC(C)(C)c2cc(C(=O)c3ccc(CCC(=O)O)cc3)ccc21. The molecule has 150 valence electrons. The van der Waals surface area contributed by atoms with Crippen LogP contribution in [0.4, 0.5) is 0 Å². The van der Waals surface area contributed by atoms with Gasteiger partial charge >= 0.3 is 5.97 Å². The molecule has 1 unspecified atom stereocenters. The topological polar surface area (TPSA) is 54.4 Å². The summed E-state index contributed by atoms with van der Waals surface area (Å²) in [5, 5.41) is 8.77. The molecule has 0 radical (unpaired) electrons. The standard InChI is InChI=1S/C23H26O3.C2H6/c1-15-12-13-23(2,3)20-14-18(9-10-19(15)20)22(26)17-7-4-16(5-8-17)6-11-21(24)25;1-2/h4-5,7-10,14-15H,6,11-13H2,1-3H3,(H,24,25);1-2H3. The number of carbonyl (C=O) groups excluding carboxylic acids is 1. The van der Waals surface area contributed by atoms with Crippen molar-refractivity contribution in [2.24, 2.45) is 0 Å². The number of hydrogen-bond acceptors (Lipinski definition) is 2. The third-order valence-corrected chi connectivity index (χ3v) is 5.62. The van der Waals surface area contributed by atoms with Crippen LogP contribution in [0.5, 0.6) is 0 Å². The lowest BCUT2D eigenvalue weighted by Crippen LogP contribution is -2.26. The Morgan fingerprint density at radius 1 is 1.04 bits per heavy atom. The molecule has 0 amide bonds. The van der Waals surface area contributed by atoms with E-state index in [-0.39, 0.29) is 17.6 Å². The quantitative estimate of drug-likeness (QED) is 0.634. The fourth-order valence-electron chi connectivity index (χ4n) is 3.82. The van der Waals surface area contributed by atoms with Gasteiger partial charge in [-0.3, -0.25) is 9.59 Å². The Morgan fingerprint density at radius 3 is 2.25 bits per heavy atom. The lowest BCUT2D eigenvalue weighted by Gasteiger charge is -2.36. The number of aryl methyl sites for hydroxylation is 1. The van der Waals surface area contributed by atoms with Gasteiger partial charge in [-0.05, 0) is 53.4 Å². The van der Waals surface area contributed by atoms with Crippen LogP contribution in [-0.4, -0.2) is 16.9 Å². The molecule has 1 atom stereocenters. The second kappa shape index (κ2) is 9.18.